The van der Waals surface area contributed by atoms with E-state index in [0.29, 0.717) is 29.5 Å². The molecular weight excluding hydrogens is 480 g/mol. The number of aliphatic carboxylic acids is 1. The Hall–Kier alpha value is -4.78. The molecule has 5 rings (SSSR count). The van der Waals surface area contributed by atoms with Crippen LogP contribution in [0.2, 0.25) is 0 Å². The lowest BCUT2D eigenvalue weighted by Gasteiger charge is -2.38. The predicted molar refractivity (Wildman–Crippen MR) is 145 cm³/mol. The number of benzene rings is 4. The van der Waals surface area contributed by atoms with E-state index in [9.17, 15) is 14.7 Å². The van der Waals surface area contributed by atoms with Gasteiger partial charge in [-0.05, 0) is 41.5 Å². The first-order chi connectivity index (χ1) is 18.6. The summed E-state index contributed by atoms with van der Waals surface area (Å²) in [6.45, 7) is 0.427. The number of carbonyl (C=O) groups is 2. The minimum absolute atomic E-state index is 0.0924. The molecule has 2 amide bonds. The third kappa shape index (κ3) is 5.04. The number of carboxylic acids is 1. The number of carbonyl (C=O) groups excluding carboxylic acids is 1. The van der Waals surface area contributed by atoms with Gasteiger partial charge in [-0.2, -0.15) is 0 Å². The zero-order valence-corrected chi connectivity index (χ0v) is 21.0. The van der Waals surface area contributed by atoms with Gasteiger partial charge in [-0.1, -0.05) is 72.8 Å². The first-order valence-corrected chi connectivity index (χ1v) is 12.4. The van der Waals surface area contributed by atoms with Gasteiger partial charge < -0.3 is 19.5 Å². The number of fused-ring (bicyclic) bond motifs is 1. The summed E-state index contributed by atoms with van der Waals surface area (Å²) in [6, 6.07) is 30.4. The Balaban J connectivity index is 1.52. The van der Waals surface area contributed by atoms with E-state index in [4.69, 9.17) is 9.47 Å². The Bertz CT molecular complexity index is 1370. The van der Waals surface area contributed by atoms with Crippen molar-refractivity contribution in [2.75, 3.05) is 12.0 Å². The normalized spacial score (nSPS) is 14.3. The Kier molecular flexibility index (Phi) is 7.26. The van der Waals surface area contributed by atoms with Crippen LogP contribution in [0, 0.1) is 0 Å². The fourth-order valence-electron chi connectivity index (χ4n) is 4.74. The molecule has 1 aliphatic heterocycles. The van der Waals surface area contributed by atoms with Crippen molar-refractivity contribution >= 4 is 23.4 Å². The monoisotopic (exact) mass is 508 g/mol. The van der Waals surface area contributed by atoms with Crippen molar-refractivity contribution in [1.29, 1.82) is 0 Å². The van der Waals surface area contributed by atoms with E-state index in [0.717, 1.165) is 16.7 Å². The Morgan fingerprint density at radius 3 is 2.00 bits per heavy atom. The number of rotatable bonds is 7. The first kappa shape index (κ1) is 24.9. The summed E-state index contributed by atoms with van der Waals surface area (Å²) in [5.74, 6) is -0.0455. The van der Waals surface area contributed by atoms with Gasteiger partial charge in [-0.3, -0.25) is 4.90 Å². The number of anilines is 2. The van der Waals surface area contributed by atoms with Crippen LogP contribution in [0.15, 0.2) is 103 Å². The quantitative estimate of drug-likeness (QED) is 0.329. The van der Waals surface area contributed by atoms with Gasteiger partial charge in [0.1, 0.15) is 12.6 Å². The zero-order valence-electron chi connectivity index (χ0n) is 21.0. The molecule has 0 fully saturated rings. The lowest BCUT2D eigenvalue weighted by Crippen LogP contribution is -2.52. The van der Waals surface area contributed by atoms with E-state index >= 15 is 0 Å². The fourth-order valence-corrected chi connectivity index (χ4v) is 4.74. The second-order valence-electron chi connectivity index (χ2n) is 8.98. The number of ether oxygens (including phenoxy) is 2. The highest BCUT2D eigenvalue weighted by molar-refractivity contribution is 6.01. The van der Waals surface area contributed by atoms with Crippen LogP contribution >= 0.6 is 0 Å². The van der Waals surface area contributed by atoms with Crippen molar-refractivity contribution in [2.24, 2.45) is 0 Å². The molecule has 4 aromatic rings. The third-order valence-electron chi connectivity index (χ3n) is 6.63. The molecule has 1 heterocycles. The van der Waals surface area contributed by atoms with E-state index in [1.54, 1.807) is 18.1 Å². The van der Waals surface area contributed by atoms with Gasteiger partial charge in [-0.15, -0.1) is 0 Å². The Morgan fingerprint density at radius 1 is 0.868 bits per heavy atom. The average molecular weight is 509 g/mol. The highest BCUT2D eigenvalue weighted by Gasteiger charge is 2.39. The van der Waals surface area contributed by atoms with Gasteiger partial charge in [0, 0.05) is 18.5 Å². The lowest BCUT2D eigenvalue weighted by atomic mass is 9.92. The molecule has 0 radical (unpaired) electrons. The summed E-state index contributed by atoms with van der Waals surface area (Å²) in [5.41, 5.74) is 3.85. The first-order valence-electron chi connectivity index (χ1n) is 12.4. The molecular formula is C31H28N2O5. The second kappa shape index (κ2) is 11.1. The number of hydrogen-bond donors (Lipinski definition) is 1. The van der Waals surface area contributed by atoms with Gasteiger partial charge in [-0.25, -0.2) is 9.59 Å². The minimum atomic E-state index is -1.09. The summed E-state index contributed by atoms with van der Waals surface area (Å²) in [6.07, 6.45) is 0.0924. The number of para-hydroxylation sites is 2. The molecule has 0 spiro atoms. The van der Waals surface area contributed by atoms with Crippen LogP contribution in [0.3, 0.4) is 0 Å². The van der Waals surface area contributed by atoms with E-state index in [2.05, 4.69) is 0 Å². The number of carboxylic acid groups (broad SMARTS) is 1. The Labute approximate surface area is 221 Å². The highest BCUT2D eigenvalue weighted by Crippen LogP contribution is 2.40. The van der Waals surface area contributed by atoms with Crippen molar-refractivity contribution < 1.29 is 24.2 Å². The van der Waals surface area contributed by atoms with Crippen molar-refractivity contribution in [3.8, 4) is 11.5 Å². The Morgan fingerprint density at radius 2 is 1.45 bits per heavy atom. The van der Waals surface area contributed by atoms with Crippen molar-refractivity contribution in [3.63, 3.8) is 0 Å². The van der Waals surface area contributed by atoms with E-state index < -0.39 is 18.0 Å². The number of amides is 2. The summed E-state index contributed by atoms with van der Waals surface area (Å²) >= 11 is 0. The summed E-state index contributed by atoms with van der Waals surface area (Å²) in [5, 5.41) is 10.2. The SMILES string of the molecule is COc1ccc2c(c1OCc1ccccc1)CC(C(=O)O)N(C(=O)N(c1ccccc1)c1ccccc1)C2. The number of urea groups is 1. The van der Waals surface area contributed by atoms with Crippen LogP contribution < -0.4 is 14.4 Å². The molecule has 1 aliphatic rings. The molecule has 38 heavy (non-hydrogen) atoms. The molecule has 1 N–H and O–H groups in total. The topological polar surface area (TPSA) is 79.3 Å². The van der Waals surface area contributed by atoms with Crippen LogP contribution in [-0.4, -0.2) is 35.2 Å². The van der Waals surface area contributed by atoms with Crippen LogP contribution in [0.4, 0.5) is 16.2 Å². The maximum atomic E-state index is 14.1. The number of hydrogen-bond acceptors (Lipinski definition) is 4. The zero-order chi connectivity index (χ0) is 26.5. The molecule has 0 saturated carbocycles. The number of nitrogens with zero attached hydrogens (tertiary/aromatic N) is 2. The van der Waals surface area contributed by atoms with E-state index in [1.807, 2.05) is 97.1 Å². The van der Waals surface area contributed by atoms with Crippen molar-refractivity contribution in [2.45, 2.75) is 25.6 Å². The van der Waals surface area contributed by atoms with E-state index in [-0.39, 0.29) is 13.0 Å². The minimum Gasteiger partial charge on any atom is -0.493 e. The summed E-state index contributed by atoms with van der Waals surface area (Å²) < 4.78 is 11.8. The third-order valence-corrected chi connectivity index (χ3v) is 6.63. The molecule has 7 nitrogen and oxygen atoms in total. The van der Waals surface area contributed by atoms with Gasteiger partial charge in [0.2, 0.25) is 0 Å². The van der Waals surface area contributed by atoms with E-state index in [1.165, 1.54) is 4.90 Å². The van der Waals surface area contributed by atoms with Crippen LogP contribution in [0.25, 0.3) is 0 Å². The van der Waals surface area contributed by atoms with Gasteiger partial charge >= 0.3 is 12.0 Å². The van der Waals surface area contributed by atoms with Crippen LogP contribution in [-0.2, 0) is 24.4 Å². The van der Waals surface area contributed by atoms with Gasteiger partial charge in [0.15, 0.2) is 11.5 Å². The highest BCUT2D eigenvalue weighted by atomic mass is 16.5. The largest absolute Gasteiger partial charge is 0.493 e. The molecule has 1 unspecified atom stereocenters. The van der Waals surface area contributed by atoms with Crippen LogP contribution in [0.1, 0.15) is 16.7 Å². The molecule has 0 aliphatic carbocycles. The molecule has 0 saturated heterocycles. The maximum Gasteiger partial charge on any atom is 0.330 e. The molecule has 4 aromatic carbocycles. The molecule has 1 atom stereocenters. The molecule has 0 aromatic heterocycles. The molecule has 0 bridgehead atoms. The van der Waals surface area contributed by atoms with Gasteiger partial charge in [0.25, 0.3) is 0 Å². The second-order valence-corrected chi connectivity index (χ2v) is 8.98. The number of methoxy groups -OCH3 is 1. The molecule has 7 heteroatoms. The van der Waals surface area contributed by atoms with Crippen molar-refractivity contribution in [3.05, 3.63) is 120 Å². The average Bonchev–Trinajstić information content (AvgIpc) is 2.96. The summed E-state index contributed by atoms with van der Waals surface area (Å²) in [4.78, 5) is 29.6. The molecule has 192 valence electrons. The maximum absolute atomic E-state index is 14.1. The van der Waals surface area contributed by atoms with Gasteiger partial charge in [0.05, 0.1) is 18.5 Å². The van der Waals surface area contributed by atoms with Crippen LogP contribution in [0.5, 0.6) is 11.5 Å². The lowest BCUT2D eigenvalue weighted by molar-refractivity contribution is -0.142. The predicted octanol–water partition coefficient (Wildman–Crippen LogP) is 6.04. The standard InChI is InChI=1S/C31H28N2O5/c1-37-28-18-17-23-20-32(31(36)33(24-13-7-3-8-14-24)25-15-9-4-10-16-25)27(30(34)35)19-26(23)29(28)38-21-22-11-5-2-6-12-22/h2-18,27H,19-21H2,1H3,(H,34,35). The fraction of sp³-hybridized carbons (Fsp3) is 0.161. The smallest absolute Gasteiger partial charge is 0.330 e. The summed E-state index contributed by atoms with van der Waals surface area (Å²) in [7, 11) is 1.56. The van der Waals surface area contributed by atoms with Crippen molar-refractivity contribution in [1.82, 2.24) is 4.90 Å².